The molecule has 3 heteroatoms. The second-order valence-electron chi connectivity index (χ2n) is 3.99. The monoisotopic (exact) mass is 189 g/mol. The molecule has 1 atom stereocenters. The fourth-order valence-corrected chi connectivity index (χ4v) is 2.88. The van der Waals surface area contributed by atoms with Crippen LogP contribution in [0.15, 0.2) is 0 Å². The summed E-state index contributed by atoms with van der Waals surface area (Å²) in [4.78, 5) is 0. The van der Waals surface area contributed by atoms with Gasteiger partial charge in [-0.2, -0.15) is 11.8 Å². The summed E-state index contributed by atoms with van der Waals surface area (Å²) in [6.45, 7) is 4.15. The molecule has 0 aromatic rings. The third-order valence-electron chi connectivity index (χ3n) is 2.70. The predicted molar refractivity (Wildman–Crippen MR) is 54.3 cm³/mol. The van der Waals surface area contributed by atoms with Crippen LogP contribution in [0.4, 0.5) is 0 Å². The van der Waals surface area contributed by atoms with Crippen LogP contribution in [-0.2, 0) is 0 Å². The molecular formula is C9H19NOS. The highest BCUT2D eigenvalue weighted by Crippen LogP contribution is 2.31. The summed E-state index contributed by atoms with van der Waals surface area (Å²) >= 11 is 1.91. The molecule has 1 saturated heterocycles. The second-order valence-corrected chi connectivity index (χ2v) is 5.21. The Hall–Kier alpha value is 0.270. The van der Waals surface area contributed by atoms with E-state index in [0.29, 0.717) is 5.92 Å². The zero-order valence-corrected chi connectivity index (χ0v) is 8.73. The number of nitrogens with two attached hydrogens (primary N) is 1. The van der Waals surface area contributed by atoms with E-state index >= 15 is 0 Å². The van der Waals surface area contributed by atoms with E-state index in [-0.39, 0.29) is 6.04 Å². The molecule has 1 unspecified atom stereocenters. The van der Waals surface area contributed by atoms with Gasteiger partial charge in [0.15, 0.2) is 0 Å². The van der Waals surface area contributed by atoms with Crippen molar-refractivity contribution < 1.29 is 5.11 Å². The highest BCUT2D eigenvalue weighted by Gasteiger charge is 2.37. The highest BCUT2D eigenvalue weighted by molar-refractivity contribution is 7.99. The highest BCUT2D eigenvalue weighted by atomic mass is 32.2. The Bertz CT molecular complexity index is 143. The molecular weight excluding hydrogens is 170 g/mol. The lowest BCUT2D eigenvalue weighted by molar-refractivity contribution is -0.00742. The van der Waals surface area contributed by atoms with Crippen LogP contribution in [0.3, 0.4) is 0 Å². The Balaban J connectivity index is 2.56. The summed E-state index contributed by atoms with van der Waals surface area (Å²) in [5.41, 5.74) is 5.38. The van der Waals surface area contributed by atoms with Gasteiger partial charge in [-0.15, -0.1) is 0 Å². The van der Waals surface area contributed by atoms with E-state index in [9.17, 15) is 5.11 Å². The van der Waals surface area contributed by atoms with E-state index in [4.69, 9.17) is 5.73 Å². The van der Waals surface area contributed by atoms with Crippen LogP contribution in [0.5, 0.6) is 0 Å². The number of aliphatic hydroxyl groups is 1. The van der Waals surface area contributed by atoms with E-state index in [1.54, 1.807) is 0 Å². The first-order valence-corrected chi connectivity index (χ1v) is 5.77. The SMILES string of the molecule is CC(C)C(N)C1(O)CCSCC1. The van der Waals surface area contributed by atoms with E-state index in [1.165, 1.54) is 0 Å². The minimum absolute atomic E-state index is 0.0570. The van der Waals surface area contributed by atoms with Crippen molar-refractivity contribution in [1.29, 1.82) is 0 Å². The summed E-state index contributed by atoms with van der Waals surface area (Å²) in [6, 6.07) is -0.0570. The Morgan fingerprint density at radius 1 is 1.33 bits per heavy atom. The standard InChI is InChI=1S/C9H19NOS/c1-7(2)8(10)9(11)3-5-12-6-4-9/h7-8,11H,3-6,10H2,1-2H3. The third kappa shape index (κ3) is 2.15. The van der Waals surface area contributed by atoms with Gasteiger partial charge < -0.3 is 10.8 Å². The summed E-state index contributed by atoms with van der Waals surface area (Å²) in [5.74, 6) is 2.48. The van der Waals surface area contributed by atoms with Gasteiger partial charge in [-0.3, -0.25) is 0 Å². The molecule has 1 rings (SSSR count). The Labute approximate surface area is 78.9 Å². The van der Waals surface area contributed by atoms with Crippen molar-refractivity contribution in [2.75, 3.05) is 11.5 Å². The van der Waals surface area contributed by atoms with Crippen molar-refractivity contribution in [2.24, 2.45) is 11.7 Å². The fraction of sp³-hybridized carbons (Fsp3) is 1.00. The molecule has 0 radical (unpaired) electrons. The third-order valence-corrected chi connectivity index (χ3v) is 3.68. The number of hydrogen-bond donors (Lipinski definition) is 2. The van der Waals surface area contributed by atoms with Crippen LogP contribution in [0.1, 0.15) is 26.7 Å². The van der Waals surface area contributed by atoms with Gasteiger partial charge in [-0.05, 0) is 30.3 Å². The molecule has 1 aliphatic heterocycles. The zero-order valence-electron chi connectivity index (χ0n) is 7.92. The van der Waals surface area contributed by atoms with Crippen molar-refractivity contribution in [1.82, 2.24) is 0 Å². The topological polar surface area (TPSA) is 46.2 Å². The van der Waals surface area contributed by atoms with Gasteiger partial charge in [0, 0.05) is 6.04 Å². The Morgan fingerprint density at radius 2 is 1.83 bits per heavy atom. The molecule has 0 saturated carbocycles. The van der Waals surface area contributed by atoms with Gasteiger partial charge in [0.1, 0.15) is 0 Å². The Kier molecular flexibility index (Phi) is 3.44. The molecule has 0 aromatic heterocycles. The fourth-order valence-electron chi connectivity index (χ4n) is 1.68. The van der Waals surface area contributed by atoms with Gasteiger partial charge in [0.05, 0.1) is 5.60 Å². The summed E-state index contributed by atoms with van der Waals surface area (Å²) in [5, 5.41) is 10.2. The molecule has 0 bridgehead atoms. The maximum Gasteiger partial charge on any atom is 0.0816 e. The predicted octanol–water partition coefficient (Wildman–Crippen LogP) is 1.23. The lowest BCUT2D eigenvalue weighted by Gasteiger charge is -2.38. The maximum absolute atomic E-state index is 10.2. The molecule has 0 amide bonds. The molecule has 2 nitrogen and oxygen atoms in total. The molecule has 0 aliphatic carbocycles. The molecule has 1 fully saturated rings. The van der Waals surface area contributed by atoms with Crippen LogP contribution in [-0.4, -0.2) is 28.3 Å². The average molecular weight is 189 g/mol. The van der Waals surface area contributed by atoms with Crippen LogP contribution in [0, 0.1) is 5.92 Å². The molecule has 1 aliphatic rings. The van der Waals surface area contributed by atoms with Crippen molar-refractivity contribution >= 4 is 11.8 Å². The summed E-state index contributed by atoms with van der Waals surface area (Å²) < 4.78 is 0. The van der Waals surface area contributed by atoms with Gasteiger partial charge in [0.25, 0.3) is 0 Å². The van der Waals surface area contributed by atoms with E-state index in [2.05, 4.69) is 13.8 Å². The first-order valence-electron chi connectivity index (χ1n) is 4.62. The number of thioether (sulfide) groups is 1. The first-order chi connectivity index (χ1) is 5.56. The summed E-state index contributed by atoms with van der Waals surface area (Å²) in [7, 11) is 0. The first kappa shape index (κ1) is 10.4. The normalized spacial score (nSPS) is 25.8. The molecule has 1 heterocycles. The van der Waals surface area contributed by atoms with Gasteiger partial charge in [0.2, 0.25) is 0 Å². The lowest BCUT2D eigenvalue weighted by atomic mass is 9.82. The average Bonchev–Trinajstić information content (AvgIpc) is 2.04. The molecule has 72 valence electrons. The van der Waals surface area contributed by atoms with Crippen LogP contribution < -0.4 is 5.73 Å². The van der Waals surface area contributed by atoms with Crippen molar-refractivity contribution in [2.45, 2.75) is 38.3 Å². The molecule has 0 spiro atoms. The van der Waals surface area contributed by atoms with Gasteiger partial charge in [-0.1, -0.05) is 13.8 Å². The van der Waals surface area contributed by atoms with Gasteiger partial charge >= 0.3 is 0 Å². The quantitative estimate of drug-likeness (QED) is 0.687. The van der Waals surface area contributed by atoms with Crippen LogP contribution >= 0.6 is 11.8 Å². The number of rotatable bonds is 2. The van der Waals surface area contributed by atoms with Crippen LogP contribution in [0.25, 0.3) is 0 Å². The van der Waals surface area contributed by atoms with Crippen molar-refractivity contribution in [3.63, 3.8) is 0 Å². The minimum atomic E-state index is -0.584. The second kappa shape index (κ2) is 3.99. The minimum Gasteiger partial charge on any atom is -0.388 e. The number of hydrogen-bond acceptors (Lipinski definition) is 3. The van der Waals surface area contributed by atoms with Crippen molar-refractivity contribution in [3.05, 3.63) is 0 Å². The van der Waals surface area contributed by atoms with Gasteiger partial charge in [-0.25, -0.2) is 0 Å². The molecule has 3 N–H and O–H groups in total. The zero-order chi connectivity index (χ0) is 9.19. The van der Waals surface area contributed by atoms with E-state index < -0.39 is 5.60 Å². The van der Waals surface area contributed by atoms with Crippen LogP contribution in [0.2, 0.25) is 0 Å². The van der Waals surface area contributed by atoms with Crippen molar-refractivity contribution in [3.8, 4) is 0 Å². The smallest absolute Gasteiger partial charge is 0.0816 e. The molecule has 12 heavy (non-hydrogen) atoms. The maximum atomic E-state index is 10.2. The summed E-state index contributed by atoms with van der Waals surface area (Å²) in [6.07, 6.45) is 1.72. The lowest BCUT2D eigenvalue weighted by Crippen LogP contribution is -2.53. The Morgan fingerprint density at radius 3 is 2.25 bits per heavy atom. The molecule has 0 aromatic carbocycles. The van der Waals surface area contributed by atoms with E-state index in [0.717, 1.165) is 24.3 Å². The largest absolute Gasteiger partial charge is 0.388 e. The van der Waals surface area contributed by atoms with E-state index in [1.807, 2.05) is 11.8 Å².